The van der Waals surface area contributed by atoms with Crippen LogP contribution < -0.4 is 25.9 Å². The lowest BCUT2D eigenvalue weighted by Gasteiger charge is -2.28. The molecule has 9 heterocycles. The number of halogens is 4. The van der Waals surface area contributed by atoms with Crippen molar-refractivity contribution in [1.82, 2.24) is 50.3 Å². The van der Waals surface area contributed by atoms with Crippen LogP contribution in [0.1, 0.15) is 17.1 Å². The van der Waals surface area contributed by atoms with Gasteiger partial charge in [-0.2, -0.15) is 15.0 Å². The zero-order valence-corrected chi connectivity index (χ0v) is 35.5. The van der Waals surface area contributed by atoms with Crippen LogP contribution in [0, 0.1) is 5.39 Å². The molecule has 0 aromatic carbocycles. The van der Waals surface area contributed by atoms with E-state index in [1.807, 2.05) is 30.3 Å². The molecule has 0 aliphatic carbocycles. The van der Waals surface area contributed by atoms with E-state index < -0.39 is 0 Å². The number of aromatic nitrogens is 9. The van der Waals surface area contributed by atoms with Crippen LogP contribution in [0.2, 0.25) is 15.9 Å². The summed E-state index contributed by atoms with van der Waals surface area (Å²) in [6.07, 6.45) is 0. The molecule has 0 radical (unpaired) electrons. The Morgan fingerprint density at radius 3 is 1.29 bits per heavy atom. The number of ether oxygens (including phenoxy) is 3. The molecule has 6 aromatic rings. The van der Waals surface area contributed by atoms with E-state index in [4.69, 9.17) is 60.1 Å². The molecule has 9 rings (SSSR count). The van der Waals surface area contributed by atoms with Gasteiger partial charge in [0.05, 0.1) is 73.3 Å². The number of rotatable bonds is 7. The second kappa shape index (κ2) is 20.5. The maximum absolute atomic E-state index is 8.46. The van der Waals surface area contributed by atoms with E-state index in [1.165, 1.54) is 0 Å². The summed E-state index contributed by atoms with van der Waals surface area (Å²) in [6.45, 7) is 9.36. The molecule has 0 saturated carbocycles. The first-order chi connectivity index (χ1) is 28.8. The van der Waals surface area contributed by atoms with Gasteiger partial charge in [0, 0.05) is 51.1 Å². The summed E-state index contributed by atoms with van der Waals surface area (Å²) in [5.41, 5.74) is 15.0. The Bertz CT molecular complexity index is 2330. The Balaban J connectivity index is 0.000000134. The van der Waals surface area contributed by atoms with Crippen molar-refractivity contribution in [3.63, 3.8) is 0 Å². The number of nitrogens with zero attached hydrogens (tertiary/aromatic N) is 14. The first-order valence-electron chi connectivity index (χ1n) is 18.6. The maximum Gasteiger partial charge on any atom is 0.303 e. The fraction of sp³-hybridized carbons (Fsp3) is 0.417. The van der Waals surface area contributed by atoms with E-state index in [9.17, 15) is 0 Å². The Kier molecular flexibility index (Phi) is 14.7. The minimum Gasteiger partial charge on any atom is -0.378 e. The van der Waals surface area contributed by atoms with Gasteiger partial charge in [0.25, 0.3) is 5.39 Å². The molecular weight excluding hydrogens is 891 g/mol. The summed E-state index contributed by atoms with van der Waals surface area (Å²) in [4.78, 5) is 45.6. The number of pyridine rings is 3. The number of morpholine rings is 3. The van der Waals surface area contributed by atoms with Crippen LogP contribution in [0.5, 0.6) is 0 Å². The number of alkyl halides is 1. The lowest BCUT2D eigenvalue weighted by molar-refractivity contribution is 0.122. The Morgan fingerprint density at radius 1 is 0.559 bits per heavy atom. The van der Waals surface area contributed by atoms with Crippen LogP contribution in [0.25, 0.3) is 38.2 Å². The van der Waals surface area contributed by atoms with Gasteiger partial charge in [-0.25, -0.2) is 29.9 Å². The fourth-order valence-electron chi connectivity index (χ4n) is 6.42. The topological polar surface area (TPSA) is 220 Å². The molecule has 6 aromatic heterocycles. The van der Waals surface area contributed by atoms with E-state index in [2.05, 4.69) is 86.0 Å². The van der Waals surface area contributed by atoms with Crippen molar-refractivity contribution in [2.75, 3.05) is 93.6 Å². The van der Waals surface area contributed by atoms with Crippen LogP contribution in [0.4, 0.5) is 17.5 Å². The summed E-state index contributed by atoms with van der Waals surface area (Å²) in [6, 6.07) is 11.2. The van der Waals surface area contributed by atoms with Crippen molar-refractivity contribution in [1.29, 1.82) is 5.39 Å². The molecule has 0 bridgehead atoms. The molecule has 0 spiro atoms. The highest BCUT2D eigenvalue weighted by Crippen LogP contribution is 2.28. The van der Waals surface area contributed by atoms with Gasteiger partial charge in [0.15, 0.2) is 17.5 Å². The first-order valence-corrected chi connectivity index (χ1v) is 20.9. The molecule has 59 heavy (non-hydrogen) atoms. The zero-order valence-electron chi connectivity index (χ0n) is 31.6. The standard InChI is InChI=1S/C12H12BrClN4O.C12H13ClN7O.C12H14ClN5O/c13-7-8-1-2-9-10(15-8)11(17-12(14)16-9)18-3-5-19-6-4-18;13-12-17-9-2-1-8(7-15-19-14)16-10(9)11(18-12)20-3-5-21-6-4-20;13-12-16-9-2-1-8(7-14)15-10(9)11(17-12)18-3-5-19-6-4-18/h1-2H,3-7H2;1-2,15H,3-7H2;1-2H,3-7,14H2/q;+1;. The zero-order chi connectivity index (χ0) is 41.1. The predicted molar refractivity (Wildman–Crippen MR) is 229 cm³/mol. The summed E-state index contributed by atoms with van der Waals surface area (Å²) in [5.74, 6) is 2.26. The molecule has 3 saturated heterocycles. The highest BCUT2D eigenvalue weighted by molar-refractivity contribution is 9.08. The Labute approximate surface area is 361 Å². The molecule has 3 N–H and O–H groups in total. The van der Waals surface area contributed by atoms with Gasteiger partial charge in [-0.05, 0) is 76.6 Å². The summed E-state index contributed by atoms with van der Waals surface area (Å²) < 4.78 is 16.1. The molecule has 3 aliphatic heterocycles. The molecule has 23 heteroatoms. The second-order valence-electron chi connectivity index (χ2n) is 13.0. The van der Waals surface area contributed by atoms with E-state index in [-0.39, 0.29) is 15.9 Å². The second-order valence-corrected chi connectivity index (χ2v) is 14.6. The lowest BCUT2D eigenvalue weighted by Crippen LogP contribution is -2.37. The lowest BCUT2D eigenvalue weighted by atomic mass is 10.2. The summed E-state index contributed by atoms with van der Waals surface area (Å²) >= 11 is 21.4. The van der Waals surface area contributed by atoms with Gasteiger partial charge in [-0.15, -0.1) is 0 Å². The van der Waals surface area contributed by atoms with Crippen LogP contribution in [-0.2, 0) is 32.6 Å². The van der Waals surface area contributed by atoms with Crippen molar-refractivity contribution in [2.45, 2.75) is 18.4 Å². The van der Waals surface area contributed by atoms with E-state index in [0.717, 1.165) is 90.1 Å². The molecule has 3 fully saturated rings. The number of diazo groups is 1. The van der Waals surface area contributed by atoms with E-state index >= 15 is 0 Å². The number of anilines is 3. The molecular formula is C36H39BrCl3N16O3+. The van der Waals surface area contributed by atoms with Crippen molar-refractivity contribution in [3.8, 4) is 0 Å². The predicted octanol–water partition coefficient (Wildman–Crippen LogP) is 4.76. The van der Waals surface area contributed by atoms with Crippen LogP contribution in [-0.4, -0.2) is 124 Å². The highest BCUT2D eigenvalue weighted by atomic mass is 79.9. The number of hydrogen-bond acceptors (Lipinski definition) is 18. The minimum absolute atomic E-state index is 0.196. The smallest absolute Gasteiger partial charge is 0.303 e. The average Bonchev–Trinajstić information content (AvgIpc) is 3.28. The first kappa shape index (κ1) is 42.4. The maximum atomic E-state index is 8.46. The van der Waals surface area contributed by atoms with Gasteiger partial charge >= 0.3 is 5.08 Å². The molecule has 3 aliphatic rings. The number of nitrogens with one attached hydrogen (secondary N) is 1. The Morgan fingerprint density at radius 2 is 0.915 bits per heavy atom. The van der Waals surface area contributed by atoms with E-state index in [0.29, 0.717) is 74.9 Å². The van der Waals surface area contributed by atoms with Crippen molar-refractivity contribution in [2.24, 2.45) is 5.73 Å². The third-order valence-corrected chi connectivity index (χ3v) is 10.4. The number of fused-ring (bicyclic) bond motifs is 3. The van der Waals surface area contributed by atoms with Gasteiger partial charge in [-0.3, -0.25) is 0 Å². The van der Waals surface area contributed by atoms with Crippen LogP contribution in [0.15, 0.2) is 36.4 Å². The summed E-state index contributed by atoms with van der Waals surface area (Å²) in [5, 5.41) is 12.7. The van der Waals surface area contributed by atoms with Crippen molar-refractivity contribution in [3.05, 3.63) is 74.4 Å². The molecule has 0 atom stereocenters. The minimum atomic E-state index is 0.196. The molecule has 0 unspecified atom stereocenters. The molecule has 19 nitrogen and oxygen atoms in total. The van der Waals surface area contributed by atoms with Crippen LogP contribution in [0.3, 0.4) is 0 Å². The quantitative estimate of drug-likeness (QED) is 0.0954. The van der Waals surface area contributed by atoms with Gasteiger partial charge < -0.3 is 34.6 Å². The highest BCUT2D eigenvalue weighted by Gasteiger charge is 2.21. The van der Waals surface area contributed by atoms with Crippen LogP contribution >= 0.6 is 50.7 Å². The third-order valence-electron chi connectivity index (χ3n) is 9.27. The summed E-state index contributed by atoms with van der Waals surface area (Å²) in [7, 11) is 0. The largest absolute Gasteiger partial charge is 0.378 e. The average molecular weight is 930 g/mol. The number of hydrogen-bond donors (Lipinski definition) is 2. The number of nitrogens with two attached hydrogens (primary N) is 1. The SMILES string of the molecule is Clc1nc(N2CCOCC2)c2nc(CBr)ccc2n1.N#[N+]NCc1ccc2nc(Cl)nc(N3CCOCC3)c2n1.NCc1ccc2nc(Cl)nc(N3CCOCC3)c2n1. The van der Waals surface area contributed by atoms with Gasteiger partial charge in [0.2, 0.25) is 15.9 Å². The normalized spacial score (nSPS) is 15.6. The van der Waals surface area contributed by atoms with Gasteiger partial charge in [-0.1, -0.05) is 15.9 Å². The third kappa shape index (κ3) is 10.7. The fourth-order valence-corrected chi connectivity index (χ4v) is 7.25. The van der Waals surface area contributed by atoms with Crippen molar-refractivity contribution >= 4 is 101 Å². The van der Waals surface area contributed by atoms with Crippen molar-refractivity contribution < 1.29 is 14.2 Å². The molecule has 0 amide bonds. The Hall–Kier alpha value is -4.72. The molecule has 308 valence electrons. The van der Waals surface area contributed by atoms with E-state index in [1.54, 1.807) is 6.07 Å². The monoisotopic (exact) mass is 927 g/mol. The van der Waals surface area contributed by atoms with Gasteiger partial charge in [0.1, 0.15) is 23.1 Å².